The van der Waals surface area contributed by atoms with E-state index in [1.165, 1.54) is 18.2 Å². The number of amides is 1. The maximum atomic E-state index is 13.4. The first kappa shape index (κ1) is 28.3. The highest BCUT2D eigenvalue weighted by atomic mass is 35.5. The van der Waals surface area contributed by atoms with E-state index in [9.17, 15) is 27.9 Å². The molecular weight excluding hydrogens is 507 g/mol. The number of hydrogen-bond donors (Lipinski definition) is 2. The summed E-state index contributed by atoms with van der Waals surface area (Å²) in [5.41, 5.74) is -0.886. The van der Waals surface area contributed by atoms with Gasteiger partial charge in [0, 0.05) is 10.4 Å². The van der Waals surface area contributed by atoms with E-state index in [1.807, 2.05) is 20.8 Å². The molecular formula is C28H29ClF3NO4. The van der Waals surface area contributed by atoms with Crippen molar-refractivity contribution in [2.45, 2.75) is 58.9 Å². The van der Waals surface area contributed by atoms with Gasteiger partial charge in [0.1, 0.15) is 18.4 Å². The van der Waals surface area contributed by atoms with Crippen molar-refractivity contribution in [2.24, 2.45) is 5.41 Å². The van der Waals surface area contributed by atoms with Gasteiger partial charge < -0.3 is 15.2 Å². The van der Waals surface area contributed by atoms with Gasteiger partial charge in [-0.3, -0.25) is 4.79 Å². The lowest BCUT2D eigenvalue weighted by molar-refractivity contribution is -0.143. The molecule has 2 N–H and O–H groups in total. The van der Waals surface area contributed by atoms with Gasteiger partial charge in [-0.1, -0.05) is 63.1 Å². The Morgan fingerprint density at radius 1 is 1.05 bits per heavy atom. The highest BCUT2D eigenvalue weighted by Gasteiger charge is 2.39. The van der Waals surface area contributed by atoms with Gasteiger partial charge in [0.25, 0.3) is 5.91 Å². The Bertz CT molecular complexity index is 1280. The van der Waals surface area contributed by atoms with Crippen LogP contribution in [0.2, 0.25) is 5.02 Å². The summed E-state index contributed by atoms with van der Waals surface area (Å²) in [5.74, 6) is -1.61. The third-order valence-electron chi connectivity index (χ3n) is 6.69. The third kappa shape index (κ3) is 6.55. The fourth-order valence-electron chi connectivity index (χ4n) is 4.38. The Kier molecular flexibility index (Phi) is 8.74. The molecule has 0 aliphatic carbocycles. The number of carboxylic acid groups (broad SMARTS) is 1. The number of halogens is 4. The Hall–Kier alpha value is -3.26. The molecule has 0 bridgehead atoms. The molecule has 37 heavy (non-hydrogen) atoms. The van der Waals surface area contributed by atoms with Crippen molar-refractivity contribution < 1.29 is 32.6 Å². The van der Waals surface area contributed by atoms with Crippen LogP contribution in [-0.2, 0) is 17.6 Å². The van der Waals surface area contributed by atoms with E-state index in [0.29, 0.717) is 28.8 Å². The number of hydrogen-bond acceptors (Lipinski definition) is 3. The van der Waals surface area contributed by atoms with Gasteiger partial charge in [-0.05, 0) is 59.5 Å². The molecule has 0 saturated heterocycles. The molecule has 3 aromatic carbocycles. The van der Waals surface area contributed by atoms with E-state index in [1.54, 1.807) is 24.3 Å². The molecule has 5 nitrogen and oxygen atoms in total. The summed E-state index contributed by atoms with van der Waals surface area (Å²) in [4.78, 5) is 25.6. The van der Waals surface area contributed by atoms with E-state index >= 15 is 0 Å². The van der Waals surface area contributed by atoms with E-state index < -0.39 is 35.1 Å². The van der Waals surface area contributed by atoms with Crippen molar-refractivity contribution in [3.8, 4) is 5.75 Å². The Labute approximate surface area is 218 Å². The van der Waals surface area contributed by atoms with Gasteiger partial charge in [0.05, 0.1) is 11.1 Å². The molecule has 0 aliphatic heterocycles. The summed E-state index contributed by atoms with van der Waals surface area (Å²) in [6.45, 7) is 5.55. The predicted molar refractivity (Wildman–Crippen MR) is 137 cm³/mol. The number of aliphatic carboxylic acids is 1. The summed E-state index contributed by atoms with van der Waals surface area (Å²) in [6.07, 6.45) is -2.56. The summed E-state index contributed by atoms with van der Waals surface area (Å²) >= 11 is 6.20. The lowest BCUT2D eigenvalue weighted by atomic mass is 9.76. The minimum absolute atomic E-state index is 0.0999. The van der Waals surface area contributed by atoms with Crippen LogP contribution in [0.4, 0.5) is 13.2 Å². The molecule has 3 aromatic rings. The summed E-state index contributed by atoms with van der Waals surface area (Å²) in [5, 5.41) is 14.2. The average Bonchev–Trinajstić information content (AvgIpc) is 2.85. The van der Waals surface area contributed by atoms with Gasteiger partial charge >= 0.3 is 12.1 Å². The van der Waals surface area contributed by atoms with E-state index in [-0.39, 0.29) is 17.9 Å². The number of carbonyl (C=O) groups excluding carboxylic acids is 1. The molecule has 0 saturated carbocycles. The fraction of sp³-hybridized carbons (Fsp3) is 0.357. The molecule has 198 valence electrons. The monoisotopic (exact) mass is 535 g/mol. The topological polar surface area (TPSA) is 75.6 Å². The number of alkyl halides is 3. The lowest BCUT2D eigenvalue weighted by Crippen LogP contribution is -2.51. The molecule has 0 radical (unpaired) electrons. The normalized spacial score (nSPS) is 14.1. The van der Waals surface area contributed by atoms with Crippen LogP contribution < -0.4 is 10.1 Å². The number of nitrogens with one attached hydrogen (secondary N) is 1. The third-order valence-corrected chi connectivity index (χ3v) is 6.93. The van der Waals surface area contributed by atoms with Crippen LogP contribution in [0.3, 0.4) is 0 Å². The molecule has 1 amide bonds. The minimum atomic E-state index is -4.46. The molecule has 0 aliphatic rings. The van der Waals surface area contributed by atoms with Gasteiger partial charge in [-0.25, -0.2) is 4.79 Å². The first-order chi connectivity index (χ1) is 17.4. The predicted octanol–water partition coefficient (Wildman–Crippen LogP) is 7.49. The number of fused-ring (bicyclic) bond motifs is 1. The highest BCUT2D eigenvalue weighted by Crippen LogP contribution is 2.35. The summed E-state index contributed by atoms with van der Waals surface area (Å²) in [7, 11) is 0. The molecule has 3 rings (SSSR count). The van der Waals surface area contributed by atoms with E-state index in [4.69, 9.17) is 16.3 Å². The largest absolute Gasteiger partial charge is 0.487 e. The van der Waals surface area contributed by atoms with Crippen LogP contribution in [0.25, 0.3) is 10.8 Å². The smallest absolute Gasteiger partial charge is 0.416 e. The number of rotatable bonds is 10. The maximum Gasteiger partial charge on any atom is 0.416 e. The summed E-state index contributed by atoms with van der Waals surface area (Å²) < 4.78 is 44.7. The van der Waals surface area contributed by atoms with Crippen LogP contribution in [0.5, 0.6) is 5.75 Å². The van der Waals surface area contributed by atoms with Crippen molar-refractivity contribution in [3.05, 3.63) is 76.3 Å². The zero-order valence-corrected chi connectivity index (χ0v) is 21.5. The van der Waals surface area contributed by atoms with Gasteiger partial charge in [-0.2, -0.15) is 13.2 Å². The van der Waals surface area contributed by atoms with Crippen LogP contribution in [-0.4, -0.2) is 23.0 Å². The SMILES string of the molecule is CCCC(C)(CC)[C@H](NC(=O)c1ccc2ccc(Cl)cc2c1OCc1ccc(C(F)(F)F)cc1)C(=O)O. The number of carboxylic acids is 1. The van der Waals surface area contributed by atoms with Crippen LogP contribution in [0.1, 0.15) is 61.5 Å². The molecule has 0 aromatic heterocycles. The highest BCUT2D eigenvalue weighted by molar-refractivity contribution is 6.31. The zero-order chi connectivity index (χ0) is 27.4. The Balaban J connectivity index is 1.99. The van der Waals surface area contributed by atoms with Crippen LogP contribution in [0, 0.1) is 5.41 Å². The van der Waals surface area contributed by atoms with Gasteiger partial charge in [-0.15, -0.1) is 0 Å². The first-order valence-electron chi connectivity index (χ1n) is 11.9. The second kappa shape index (κ2) is 11.4. The van der Waals surface area contributed by atoms with Gasteiger partial charge in [0.15, 0.2) is 0 Å². The van der Waals surface area contributed by atoms with Crippen LogP contribution in [0.15, 0.2) is 54.6 Å². The molecule has 9 heteroatoms. The van der Waals surface area contributed by atoms with Crippen LogP contribution >= 0.6 is 11.6 Å². The maximum absolute atomic E-state index is 13.4. The van der Waals surface area contributed by atoms with Crippen molar-refractivity contribution >= 4 is 34.2 Å². The standard InChI is InChI=1S/C28H29ClF3NO4/c1-4-14-27(3,5-2)24(26(35)36)33-25(34)21-13-9-18-8-12-20(29)15-22(18)23(21)37-16-17-6-10-19(11-7-17)28(30,31)32/h6-13,15,24H,4-5,14,16H2,1-3H3,(H,33,34)(H,35,36)/t24-,27?/m1/s1. The quantitative estimate of drug-likeness (QED) is 0.282. The molecule has 0 fully saturated rings. The number of benzene rings is 3. The second-order valence-corrected chi connectivity index (χ2v) is 9.73. The average molecular weight is 536 g/mol. The lowest BCUT2D eigenvalue weighted by Gasteiger charge is -2.34. The number of carbonyl (C=O) groups is 2. The zero-order valence-electron chi connectivity index (χ0n) is 20.8. The molecule has 1 unspecified atom stereocenters. The summed E-state index contributed by atoms with van der Waals surface area (Å²) in [6, 6.07) is 11.7. The molecule has 2 atom stereocenters. The first-order valence-corrected chi connectivity index (χ1v) is 12.3. The van der Waals surface area contributed by atoms with Crippen molar-refractivity contribution in [1.82, 2.24) is 5.32 Å². The number of ether oxygens (including phenoxy) is 1. The molecule has 0 spiro atoms. The van der Waals surface area contributed by atoms with Crippen molar-refractivity contribution in [2.75, 3.05) is 0 Å². The second-order valence-electron chi connectivity index (χ2n) is 9.29. The van der Waals surface area contributed by atoms with E-state index in [2.05, 4.69) is 5.32 Å². The Morgan fingerprint density at radius 2 is 1.70 bits per heavy atom. The van der Waals surface area contributed by atoms with Crippen molar-refractivity contribution in [3.63, 3.8) is 0 Å². The van der Waals surface area contributed by atoms with Crippen molar-refractivity contribution in [1.29, 1.82) is 0 Å². The van der Waals surface area contributed by atoms with Gasteiger partial charge in [0.2, 0.25) is 0 Å². The minimum Gasteiger partial charge on any atom is -0.487 e. The van der Waals surface area contributed by atoms with E-state index in [0.717, 1.165) is 23.9 Å². The fourth-order valence-corrected chi connectivity index (χ4v) is 4.56. The molecule has 0 heterocycles. The Morgan fingerprint density at radius 3 is 2.27 bits per heavy atom.